The molecule has 5 aromatic rings. The number of fused-ring (bicyclic) bond motifs is 6. The van der Waals surface area contributed by atoms with E-state index in [9.17, 15) is 19.2 Å². The third-order valence-electron chi connectivity index (χ3n) is 12.7. The van der Waals surface area contributed by atoms with E-state index in [0.29, 0.717) is 24.8 Å². The Kier molecular flexibility index (Phi) is 10.9. The highest BCUT2D eigenvalue weighted by Crippen LogP contribution is 2.44. The lowest BCUT2D eigenvalue weighted by Crippen LogP contribution is -2.53. The molecular weight excluding hydrogens is 765 g/mol. The van der Waals surface area contributed by atoms with Crippen LogP contribution in [0.25, 0.3) is 44.2 Å². The fourth-order valence-electron chi connectivity index (χ4n) is 9.16. The number of hydrogen-bond donors (Lipinski definition) is 4. The molecule has 5 heterocycles. The maximum Gasteiger partial charge on any atom is 0.407 e. The number of rotatable bonds is 9. The second-order valence-corrected chi connectivity index (χ2v) is 17.1. The molecule has 60 heavy (non-hydrogen) atoms. The second kappa shape index (κ2) is 16.1. The van der Waals surface area contributed by atoms with Crippen molar-refractivity contribution in [3.63, 3.8) is 0 Å². The summed E-state index contributed by atoms with van der Waals surface area (Å²) < 4.78 is 16.1. The van der Waals surface area contributed by atoms with Gasteiger partial charge >= 0.3 is 12.2 Å². The number of likely N-dealkylation sites (tertiary alicyclic amines) is 2. The predicted octanol–water partition coefficient (Wildman–Crippen LogP) is 7.39. The highest BCUT2D eigenvalue weighted by atomic mass is 16.5. The number of imidazole rings is 2. The van der Waals surface area contributed by atoms with Crippen LogP contribution in [0.1, 0.15) is 90.1 Å². The fraction of sp³-hybridized carbons (Fsp3) is 0.467. The van der Waals surface area contributed by atoms with E-state index in [0.717, 1.165) is 74.8 Å². The van der Waals surface area contributed by atoms with Crippen molar-refractivity contribution < 1.29 is 33.4 Å². The van der Waals surface area contributed by atoms with Gasteiger partial charge in [-0.15, -0.1) is 0 Å². The number of amides is 4. The van der Waals surface area contributed by atoms with Gasteiger partial charge in [-0.1, -0.05) is 52.8 Å². The average molecular weight is 819 g/mol. The van der Waals surface area contributed by atoms with E-state index >= 15 is 0 Å². The zero-order chi connectivity index (χ0) is 42.6. The third-order valence-corrected chi connectivity index (χ3v) is 12.7. The Bertz CT molecular complexity index is 2470. The smallest absolute Gasteiger partial charge is 0.407 e. The summed E-state index contributed by atoms with van der Waals surface area (Å²) in [6.07, 6.45) is 2.88. The topological polar surface area (TPSA) is 184 Å². The van der Waals surface area contributed by atoms with Crippen LogP contribution in [0.4, 0.5) is 9.59 Å². The SMILES string of the molecule is COC(=O)N[C@H](C(=O)N1CCC[C@H]1c1ncc(-c2ccc3c(c2)COc2cc4c(ccc5nc([C@@H]6C[C@@H](C)[C@@H](C)N6C(=O)[C@@H](NC(=O)OC)C(C)C)[nH]c54)cc2-3)[nH]1)C(C)C. The molecule has 316 valence electrons. The van der Waals surface area contributed by atoms with Crippen molar-refractivity contribution in [2.24, 2.45) is 17.8 Å². The Labute approximate surface area is 348 Å². The first-order valence-corrected chi connectivity index (χ1v) is 20.9. The van der Waals surface area contributed by atoms with E-state index in [1.807, 2.05) is 49.8 Å². The molecular formula is C45H54N8O7. The largest absolute Gasteiger partial charge is 0.488 e. The summed E-state index contributed by atoms with van der Waals surface area (Å²) in [6.45, 7) is 12.8. The molecule has 0 aliphatic carbocycles. The van der Waals surface area contributed by atoms with Gasteiger partial charge in [-0.2, -0.15) is 0 Å². The molecule has 4 amide bonds. The Hall–Kier alpha value is -6.12. The number of carbonyl (C=O) groups excluding carboxylic acids is 4. The van der Waals surface area contributed by atoms with Crippen LogP contribution in [-0.4, -0.2) is 92.6 Å². The molecule has 15 nitrogen and oxygen atoms in total. The standard InChI is InChI=1S/C45H54N8O7/c1-22(2)37(50-44(56)58-7)42(54)52-15-9-10-34(52)40-46-20-33(48-40)27-11-13-29-28(17-27)21-60-36-19-30-26(18-31(29)36)12-14-32-39(30)49-41(47-32)35-16-24(5)25(6)53(35)43(55)38(23(3)4)51-45(57)59-8/h11-14,17-20,22-25,34-35,37-38H,9-10,15-16,21H2,1-8H3,(H,46,48)(H,47,49)(H,50,56)(H,51,57)/t24-,25-,34+,35+,37+,38+/m1/s1. The van der Waals surface area contributed by atoms with Crippen molar-refractivity contribution in [2.75, 3.05) is 20.8 Å². The molecule has 2 aromatic heterocycles. The molecule has 0 radical (unpaired) electrons. The van der Waals surface area contributed by atoms with Gasteiger partial charge in [0.15, 0.2) is 0 Å². The van der Waals surface area contributed by atoms with Crippen molar-refractivity contribution in [3.8, 4) is 28.1 Å². The number of nitrogens with one attached hydrogen (secondary N) is 4. The molecule has 0 unspecified atom stereocenters. The lowest BCUT2D eigenvalue weighted by Gasteiger charge is -2.33. The Morgan fingerprint density at radius 3 is 2.27 bits per heavy atom. The third kappa shape index (κ3) is 7.27. The van der Waals surface area contributed by atoms with Gasteiger partial charge in [0.1, 0.15) is 36.1 Å². The first-order chi connectivity index (χ1) is 28.8. The van der Waals surface area contributed by atoms with Gasteiger partial charge in [-0.3, -0.25) is 9.59 Å². The molecule has 0 bridgehead atoms. The Morgan fingerprint density at radius 1 is 0.850 bits per heavy atom. The van der Waals surface area contributed by atoms with Gasteiger partial charge in [0.05, 0.1) is 49.2 Å². The van der Waals surface area contributed by atoms with Crippen molar-refractivity contribution in [1.29, 1.82) is 0 Å². The number of ether oxygens (including phenoxy) is 3. The highest BCUT2D eigenvalue weighted by Gasteiger charge is 2.45. The molecule has 2 saturated heterocycles. The molecule has 6 atom stereocenters. The molecule has 3 aliphatic heterocycles. The summed E-state index contributed by atoms with van der Waals surface area (Å²) in [4.78, 5) is 72.5. The normalized spacial score (nSPS) is 20.8. The lowest BCUT2D eigenvalue weighted by molar-refractivity contribution is -0.137. The molecule has 3 aromatic carbocycles. The number of carbonyl (C=O) groups is 4. The van der Waals surface area contributed by atoms with E-state index < -0.39 is 24.3 Å². The van der Waals surface area contributed by atoms with Gasteiger partial charge in [0.25, 0.3) is 0 Å². The summed E-state index contributed by atoms with van der Waals surface area (Å²) in [7, 11) is 2.59. The zero-order valence-corrected chi connectivity index (χ0v) is 35.4. The number of aromatic nitrogens is 4. The minimum atomic E-state index is -0.737. The number of alkyl carbamates (subject to hydrolysis) is 2. The van der Waals surface area contributed by atoms with Gasteiger partial charge in [0.2, 0.25) is 11.8 Å². The van der Waals surface area contributed by atoms with Crippen LogP contribution >= 0.6 is 0 Å². The minimum Gasteiger partial charge on any atom is -0.488 e. The number of benzene rings is 3. The fourth-order valence-corrected chi connectivity index (χ4v) is 9.16. The molecule has 4 N–H and O–H groups in total. The van der Waals surface area contributed by atoms with E-state index in [1.165, 1.54) is 14.2 Å². The van der Waals surface area contributed by atoms with Crippen molar-refractivity contribution in [2.45, 2.75) is 97.6 Å². The zero-order valence-electron chi connectivity index (χ0n) is 35.4. The predicted molar refractivity (Wildman–Crippen MR) is 226 cm³/mol. The van der Waals surface area contributed by atoms with Gasteiger partial charge in [0, 0.05) is 23.5 Å². The van der Waals surface area contributed by atoms with Gasteiger partial charge < -0.3 is 44.6 Å². The van der Waals surface area contributed by atoms with E-state index in [-0.39, 0.29) is 47.7 Å². The number of methoxy groups -OCH3 is 2. The van der Waals surface area contributed by atoms with Gasteiger partial charge in [-0.25, -0.2) is 19.6 Å². The number of H-pyrrole nitrogens is 2. The molecule has 2 fully saturated rings. The van der Waals surface area contributed by atoms with Crippen LogP contribution < -0.4 is 15.4 Å². The highest BCUT2D eigenvalue weighted by molar-refractivity contribution is 6.07. The minimum absolute atomic E-state index is 0.0568. The quantitative estimate of drug-likeness (QED) is 0.118. The number of nitrogens with zero attached hydrogens (tertiary/aromatic N) is 4. The summed E-state index contributed by atoms with van der Waals surface area (Å²) in [5.41, 5.74) is 6.59. The maximum absolute atomic E-state index is 14.1. The van der Waals surface area contributed by atoms with Crippen LogP contribution in [0.15, 0.2) is 48.7 Å². The Morgan fingerprint density at radius 2 is 1.57 bits per heavy atom. The summed E-state index contributed by atoms with van der Waals surface area (Å²) in [5.74, 6) is 1.86. The maximum atomic E-state index is 14.1. The van der Waals surface area contributed by atoms with Crippen molar-refractivity contribution in [1.82, 2.24) is 40.4 Å². The monoisotopic (exact) mass is 818 g/mol. The van der Waals surface area contributed by atoms with E-state index in [1.54, 1.807) is 0 Å². The molecule has 3 aliphatic rings. The lowest BCUT2D eigenvalue weighted by atomic mass is 9.92. The van der Waals surface area contributed by atoms with Crippen LogP contribution in [0.5, 0.6) is 5.75 Å². The first-order valence-electron chi connectivity index (χ1n) is 20.9. The number of aromatic amines is 2. The van der Waals surface area contributed by atoms with Crippen LogP contribution in [0.3, 0.4) is 0 Å². The molecule has 15 heteroatoms. The van der Waals surface area contributed by atoms with Gasteiger partial charge in [-0.05, 0) is 90.3 Å². The molecule has 0 saturated carbocycles. The van der Waals surface area contributed by atoms with Crippen LogP contribution in [0.2, 0.25) is 0 Å². The first kappa shape index (κ1) is 40.7. The van der Waals surface area contributed by atoms with E-state index in [4.69, 9.17) is 24.2 Å². The number of hydrogen-bond acceptors (Lipinski definition) is 9. The molecule has 0 spiro atoms. The van der Waals surface area contributed by atoms with E-state index in [2.05, 4.69) is 70.8 Å². The Balaban J connectivity index is 1.05. The van der Waals surface area contributed by atoms with Crippen molar-refractivity contribution >= 4 is 45.8 Å². The molecule has 8 rings (SSSR count). The summed E-state index contributed by atoms with van der Waals surface area (Å²) >= 11 is 0. The summed E-state index contributed by atoms with van der Waals surface area (Å²) in [5, 5.41) is 7.45. The van der Waals surface area contributed by atoms with Crippen LogP contribution in [-0.2, 0) is 25.7 Å². The average Bonchev–Trinajstić information content (AvgIpc) is 4.06. The second-order valence-electron chi connectivity index (χ2n) is 17.1. The van der Waals surface area contributed by atoms with Crippen molar-refractivity contribution in [3.05, 3.63) is 65.9 Å². The van der Waals surface area contributed by atoms with Crippen LogP contribution in [0, 0.1) is 17.8 Å². The summed E-state index contributed by atoms with van der Waals surface area (Å²) in [6, 6.07) is 12.6.